The monoisotopic (exact) mass is 451 g/mol. The van der Waals surface area contributed by atoms with Crippen molar-refractivity contribution < 1.29 is 4.79 Å². The summed E-state index contributed by atoms with van der Waals surface area (Å²) in [4.78, 5) is 15.6. The molecule has 34 heavy (non-hydrogen) atoms. The highest BCUT2D eigenvalue weighted by Crippen LogP contribution is 2.30. The van der Waals surface area contributed by atoms with E-state index < -0.39 is 0 Å². The van der Waals surface area contributed by atoms with E-state index >= 15 is 0 Å². The Balaban J connectivity index is 1.28. The van der Waals surface area contributed by atoms with Crippen LogP contribution in [0, 0.1) is 5.92 Å². The number of rotatable bonds is 3. The maximum absolute atomic E-state index is 13.1. The van der Waals surface area contributed by atoms with Gasteiger partial charge in [0.05, 0.1) is 11.1 Å². The zero-order valence-corrected chi connectivity index (χ0v) is 20.3. The van der Waals surface area contributed by atoms with Gasteiger partial charge >= 0.3 is 0 Å². The molecule has 4 aromatic rings. The van der Waals surface area contributed by atoms with Gasteiger partial charge in [0.1, 0.15) is 0 Å². The Morgan fingerprint density at radius 2 is 1.65 bits per heavy atom. The molecule has 7 rings (SSSR count). The third-order valence-electron chi connectivity index (χ3n) is 7.89. The fraction of sp³-hybridized carbons (Fsp3) is 0.367. The van der Waals surface area contributed by atoms with E-state index in [4.69, 9.17) is 0 Å². The summed E-state index contributed by atoms with van der Waals surface area (Å²) in [5.41, 5.74) is 6.84. The molecule has 2 aromatic carbocycles. The molecule has 1 atom stereocenters. The molecule has 4 nitrogen and oxygen atoms in total. The maximum Gasteiger partial charge on any atom is 0.253 e. The number of benzene rings is 2. The number of carbonyl (C=O) groups is 1. The van der Waals surface area contributed by atoms with Gasteiger partial charge in [-0.25, -0.2) is 0 Å². The van der Waals surface area contributed by atoms with Gasteiger partial charge in [-0.2, -0.15) is 0 Å². The second-order valence-electron chi connectivity index (χ2n) is 11.2. The van der Waals surface area contributed by atoms with E-state index in [1.807, 2.05) is 12.3 Å². The average Bonchev–Trinajstić information content (AvgIpc) is 3.29. The van der Waals surface area contributed by atoms with Crippen molar-refractivity contribution in [2.45, 2.75) is 45.1 Å². The lowest BCUT2D eigenvalue weighted by Gasteiger charge is -2.44. The molecule has 3 fully saturated rings. The standard InChI is InChI=1S/C30H33N3O/c1-30(2,3)25-8-4-20(5-9-25)22-7-11-28-23(16-22)6-10-26-17-24(18-33(26)28)29(34)31-27-19-32-14-12-21(27)13-15-32/h4-11,16-18,21,27H,12-15,19H2,1-3H3,(H,31,34). The summed E-state index contributed by atoms with van der Waals surface area (Å²) < 4.78 is 2.15. The first kappa shape index (κ1) is 21.4. The Morgan fingerprint density at radius 3 is 2.32 bits per heavy atom. The number of nitrogens with one attached hydrogen (secondary N) is 1. The van der Waals surface area contributed by atoms with Crippen LogP contribution in [0.5, 0.6) is 0 Å². The van der Waals surface area contributed by atoms with Crippen LogP contribution in [0.1, 0.15) is 49.5 Å². The van der Waals surface area contributed by atoms with Crippen LogP contribution in [0.25, 0.3) is 27.5 Å². The molecule has 0 spiro atoms. The smallest absolute Gasteiger partial charge is 0.253 e. The Morgan fingerprint density at radius 1 is 0.912 bits per heavy atom. The van der Waals surface area contributed by atoms with Gasteiger partial charge in [0, 0.05) is 24.3 Å². The van der Waals surface area contributed by atoms with Crippen LogP contribution in [-0.4, -0.2) is 40.9 Å². The van der Waals surface area contributed by atoms with E-state index in [2.05, 4.69) is 90.0 Å². The van der Waals surface area contributed by atoms with Crippen LogP contribution < -0.4 is 5.32 Å². The molecule has 2 aromatic heterocycles. The minimum absolute atomic E-state index is 0.0474. The third-order valence-corrected chi connectivity index (χ3v) is 7.89. The second kappa shape index (κ2) is 7.99. The molecule has 5 heterocycles. The normalized spacial score (nSPS) is 22.4. The number of aromatic nitrogens is 1. The van der Waals surface area contributed by atoms with Gasteiger partial charge in [0.25, 0.3) is 5.91 Å². The third kappa shape index (κ3) is 3.80. The predicted octanol–water partition coefficient (Wildman–Crippen LogP) is 5.88. The summed E-state index contributed by atoms with van der Waals surface area (Å²) in [5.74, 6) is 0.675. The van der Waals surface area contributed by atoms with Crippen molar-refractivity contribution in [1.82, 2.24) is 14.6 Å². The molecule has 1 N–H and O–H groups in total. The van der Waals surface area contributed by atoms with Crippen LogP contribution in [-0.2, 0) is 5.41 Å². The first-order valence-corrected chi connectivity index (χ1v) is 12.5. The van der Waals surface area contributed by atoms with Gasteiger partial charge in [-0.05, 0) is 83.6 Å². The first-order valence-electron chi connectivity index (χ1n) is 12.5. The van der Waals surface area contributed by atoms with Crippen molar-refractivity contribution in [2.24, 2.45) is 5.92 Å². The lowest BCUT2D eigenvalue weighted by molar-refractivity contribution is 0.0620. The lowest BCUT2D eigenvalue weighted by atomic mass is 9.84. The molecular formula is C30H33N3O. The van der Waals surface area contributed by atoms with Gasteiger partial charge in [0.15, 0.2) is 0 Å². The van der Waals surface area contributed by atoms with Crippen molar-refractivity contribution in [3.63, 3.8) is 0 Å². The summed E-state index contributed by atoms with van der Waals surface area (Å²) in [5, 5.41) is 4.50. The number of fused-ring (bicyclic) bond motifs is 6. The van der Waals surface area contributed by atoms with Gasteiger partial charge in [0.2, 0.25) is 0 Å². The summed E-state index contributed by atoms with van der Waals surface area (Å²) >= 11 is 0. The van der Waals surface area contributed by atoms with Gasteiger partial charge in [-0.1, -0.05) is 57.2 Å². The Hall–Kier alpha value is -3.11. The molecule has 4 heteroatoms. The zero-order valence-electron chi connectivity index (χ0n) is 20.3. The van der Waals surface area contributed by atoms with Crippen LogP contribution >= 0.6 is 0 Å². The molecule has 0 saturated carbocycles. The van der Waals surface area contributed by atoms with Crippen LogP contribution in [0.2, 0.25) is 0 Å². The molecule has 2 bridgehead atoms. The minimum Gasteiger partial charge on any atom is -0.348 e. The maximum atomic E-state index is 13.1. The van der Waals surface area contributed by atoms with E-state index in [0.717, 1.165) is 23.1 Å². The van der Waals surface area contributed by atoms with E-state index in [1.54, 1.807) is 0 Å². The number of amides is 1. The highest BCUT2D eigenvalue weighted by atomic mass is 16.1. The zero-order chi connectivity index (χ0) is 23.4. The Bertz CT molecular complexity index is 1370. The Kier molecular flexibility index (Phi) is 5.03. The number of nitrogens with zero attached hydrogens (tertiary/aromatic N) is 2. The SMILES string of the molecule is CC(C)(C)c1ccc(-c2ccc3c(ccc4cc(C(=O)NC5CN6CCC5CC6)cn43)c2)cc1. The van der Waals surface area contributed by atoms with Gasteiger partial charge < -0.3 is 14.6 Å². The molecule has 1 unspecified atom stereocenters. The fourth-order valence-electron chi connectivity index (χ4n) is 5.75. The number of hydrogen-bond donors (Lipinski definition) is 1. The fourth-order valence-corrected chi connectivity index (χ4v) is 5.75. The van der Waals surface area contributed by atoms with Crippen LogP contribution in [0.3, 0.4) is 0 Å². The molecule has 0 radical (unpaired) electrons. The Labute approximate surface area is 201 Å². The lowest BCUT2D eigenvalue weighted by Crippen LogP contribution is -2.57. The van der Waals surface area contributed by atoms with E-state index in [1.165, 1.54) is 48.0 Å². The van der Waals surface area contributed by atoms with Crippen LogP contribution in [0.4, 0.5) is 0 Å². The highest BCUT2D eigenvalue weighted by Gasteiger charge is 2.35. The number of piperidine rings is 3. The van der Waals surface area contributed by atoms with Crippen LogP contribution in [0.15, 0.2) is 66.9 Å². The summed E-state index contributed by atoms with van der Waals surface area (Å²) in [6, 6.07) is 22.0. The highest BCUT2D eigenvalue weighted by molar-refractivity contribution is 5.97. The quantitative estimate of drug-likeness (QED) is 0.422. The van der Waals surface area contributed by atoms with E-state index in [9.17, 15) is 4.79 Å². The topological polar surface area (TPSA) is 36.8 Å². The summed E-state index contributed by atoms with van der Waals surface area (Å²) in [6.45, 7) is 10.1. The largest absolute Gasteiger partial charge is 0.348 e. The van der Waals surface area contributed by atoms with Crippen molar-refractivity contribution in [2.75, 3.05) is 19.6 Å². The molecule has 1 amide bonds. The van der Waals surface area contributed by atoms with Gasteiger partial charge in [-0.3, -0.25) is 4.79 Å². The molecule has 3 aliphatic rings. The summed E-state index contributed by atoms with van der Waals surface area (Å²) in [6.07, 6.45) is 4.40. The number of pyridine rings is 1. The minimum atomic E-state index is 0.0474. The van der Waals surface area contributed by atoms with E-state index in [0.29, 0.717) is 5.92 Å². The van der Waals surface area contributed by atoms with Crippen molar-refractivity contribution in [1.29, 1.82) is 0 Å². The predicted molar refractivity (Wildman–Crippen MR) is 139 cm³/mol. The molecule has 3 saturated heterocycles. The molecule has 174 valence electrons. The molecular weight excluding hydrogens is 418 g/mol. The number of carbonyl (C=O) groups excluding carboxylic acids is 1. The number of hydrogen-bond acceptors (Lipinski definition) is 2. The average molecular weight is 452 g/mol. The van der Waals surface area contributed by atoms with Crippen molar-refractivity contribution in [3.8, 4) is 11.1 Å². The molecule has 3 aliphatic heterocycles. The second-order valence-corrected chi connectivity index (χ2v) is 11.2. The first-order chi connectivity index (χ1) is 16.3. The van der Waals surface area contributed by atoms with Crippen molar-refractivity contribution in [3.05, 3.63) is 78.0 Å². The molecule has 0 aliphatic carbocycles. The van der Waals surface area contributed by atoms with Gasteiger partial charge in [-0.15, -0.1) is 0 Å². The van der Waals surface area contributed by atoms with Crippen molar-refractivity contribution >= 4 is 22.3 Å². The summed E-state index contributed by atoms with van der Waals surface area (Å²) in [7, 11) is 0. The van der Waals surface area contributed by atoms with E-state index in [-0.39, 0.29) is 17.4 Å².